The Bertz CT molecular complexity index is 1500. The predicted molar refractivity (Wildman–Crippen MR) is 150 cm³/mol. The number of carbonyl (C=O) groups is 4. The van der Waals surface area contributed by atoms with E-state index in [4.69, 9.17) is 9.47 Å². The van der Waals surface area contributed by atoms with Gasteiger partial charge in [-0.15, -0.1) is 0 Å². The summed E-state index contributed by atoms with van der Waals surface area (Å²) in [6, 6.07) is 22.4. The van der Waals surface area contributed by atoms with Crippen molar-refractivity contribution in [2.75, 3.05) is 33.2 Å². The molecule has 0 aromatic heterocycles. The number of nitrogens with zero attached hydrogens (tertiary/aromatic N) is 3. The molecule has 1 saturated heterocycles. The lowest BCUT2D eigenvalue weighted by atomic mass is 9.92. The smallest absolute Gasteiger partial charge is 0.356 e. The molecule has 2 heterocycles. The summed E-state index contributed by atoms with van der Waals surface area (Å²) in [5, 5.41) is 5.71. The number of amides is 2. The second kappa shape index (κ2) is 11.3. The highest BCUT2D eigenvalue weighted by Crippen LogP contribution is 2.51. The van der Waals surface area contributed by atoms with Crippen molar-refractivity contribution in [1.82, 2.24) is 15.3 Å². The molecule has 2 aliphatic heterocycles. The first kappa shape index (κ1) is 27.6. The molecule has 1 N–H and O–H groups in total. The molecular weight excluding hydrogens is 524 g/mol. The Hall–Kier alpha value is -4.96. The quantitative estimate of drug-likeness (QED) is 0.444. The summed E-state index contributed by atoms with van der Waals surface area (Å²) in [5.41, 5.74) is 2.37. The molecular formula is C31H30N4O6. The molecule has 0 bridgehead atoms. The van der Waals surface area contributed by atoms with Gasteiger partial charge in [0.15, 0.2) is 5.70 Å². The largest absolute Gasteiger partial charge is 0.466 e. The molecule has 0 spiro atoms. The number of fused-ring (bicyclic) bond motifs is 1. The minimum absolute atomic E-state index is 0.0286. The van der Waals surface area contributed by atoms with Crippen LogP contribution in [0.2, 0.25) is 0 Å². The topological polar surface area (TPSA) is 108 Å². The summed E-state index contributed by atoms with van der Waals surface area (Å²) in [5.74, 6) is -2.68. The summed E-state index contributed by atoms with van der Waals surface area (Å²) in [4.78, 5) is 56.0. The van der Waals surface area contributed by atoms with Crippen molar-refractivity contribution in [2.24, 2.45) is 0 Å². The third kappa shape index (κ3) is 4.82. The average Bonchev–Trinajstić information content (AvgIpc) is 3.49. The second-order valence-corrected chi connectivity index (χ2v) is 9.84. The van der Waals surface area contributed by atoms with Crippen molar-refractivity contribution in [3.63, 3.8) is 0 Å². The number of esters is 2. The Morgan fingerprint density at radius 1 is 0.780 bits per heavy atom. The van der Waals surface area contributed by atoms with E-state index in [1.165, 1.54) is 14.2 Å². The number of anilines is 1. The number of ether oxygens (including phenoxy) is 2. The molecule has 0 radical (unpaired) electrons. The van der Waals surface area contributed by atoms with Crippen LogP contribution in [0.3, 0.4) is 0 Å². The molecule has 10 heteroatoms. The van der Waals surface area contributed by atoms with Crippen molar-refractivity contribution in [1.29, 1.82) is 0 Å². The van der Waals surface area contributed by atoms with Crippen LogP contribution in [0.25, 0.3) is 0 Å². The normalized spacial score (nSPS) is 20.0. The monoisotopic (exact) mass is 554 g/mol. The molecule has 0 unspecified atom stereocenters. The number of hydrazine groups is 1. The highest BCUT2D eigenvalue weighted by molar-refractivity contribution is 6.07. The Morgan fingerprint density at radius 2 is 1.37 bits per heavy atom. The molecule has 1 fully saturated rings. The molecule has 2 amide bonds. The molecule has 3 aromatic carbocycles. The number of benzene rings is 3. The number of hydrogen-bond acceptors (Lipinski definition) is 8. The number of carbonyl (C=O) groups excluding carboxylic acids is 4. The van der Waals surface area contributed by atoms with E-state index < -0.39 is 41.9 Å². The molecule has 3 atom stereocenters. The van der Waals surface area contributed by atoms with Crippen molar-refractivity contribution in [3.8, 4) is 0 Å². The number of hydrogen-bond donors (Lipinski definition) is 1. The van der Waals surface area contributed by atoms with Crippen LogP contribution in [0, 0.1) is 0 Å². The number of nitrogens with one attached hydrogen (secondary N) is 1. The van der Waals surface area contributed by atoms with Crippen LogP contribution in [-0.2, 0) is 23.9 Å². The first-order valence-electron chi connectivity index (χ1n) is 13.0. The second-order valence-electron chi connectivity index (χ2n) is 9.84. The summed E-state index contributed by atoms with van der Waals surface area (Å²) in [6.07, 6.45) is 0. The molecule has 3 aromatic rings. The number of methoxy groups -OCH3 is 2. The van der Waals surface area contributed by atoms with Gasteiger partial charge < -0.3 is 19.7 Å². The van der Waals surface area contributed by atoms with Crippen LogP contribution in [0.1, 0.15) is 33.6 Å². The lowest BCUT2D eigenvalue weighted by Gasteiger charge is -2.33. The summed E-state index contributed by atoms with van der Waals surface area (Å²) >= 11 is 0. The highest BCUT2D eigenvalue weighted by Gasteiger charge is 2.60. The van der Waals surface area contributed by atoms with Gasteiger partial charge in [-0.05, 0) is 35.4 Å². The average molecular weight is 555 g/mol. The highest BCUT2D eigenvalue weighted by atomic mass is 16.5. The van der Waals surface area contributed by atoms with Gasteiger partial charge in [-0.25, -0.2) is 14.6 Å². The zero-order valence-electron chi connectivity index (χ0n) is 23.1. The van der Waals surface area contributed by atoms with Gasteiger partial charge in [-0.2, -0.15) is 5.01 Å². The fourth-order valence-electron chi connectivity index (χ4n) is 5.37. The Balaban J connectivity index is 1.71. The van der Waals surface area contributed by atoms with Gasteiger partial charge in [0.25, 0.3) is 11.8 Å². The van der Waals surface area contributed by atoms with Crippen molar-refractivity contribution < 1.29 is 28.7 Å². The lowest BCUT2D eigenvalue weighted by Crippen LogP contribution is -2.44. The van der Waals surface area contributed by atoms with Gasteiger partial charge >= 0.3 is 11.9 Å². The Kier molecular flexibility index (Phi) is 7.58. The Morgan fingerprint density at radius 3 is 1.93 bits per heavy atom. The standard InChI is InChI=1S/C31H30N4O6/c1-33(2)22-17-15-20(16-18-22)25-23(30(38)40-3)27(31(39)41-4)35-29(37)24(32-28(36)21-13-9-6-10-14-21)26(34(25)35)19-11-7-5-8-12-19/h5-18,24-26H,1-4H3,(H,32,36)/t24-,25+,26-/m0/s1. The van der Waals surface area contributed by atoms with Crippen LogP contribution in [0.15, 0.2) is 96.2 Å². The summed E-state index contributed by atoms with van der Waals surface area (Å²) < 4.78 is 10.2. The summed E-state index contributed by atoms with van der Waals surface area (Å²) in [6.45, 7) is 0. The van der Waals surface area contributed by atoms with E-state index in [0.29, 0.717) is 16.7 Å². The van der Waals surface area contributed by atoms with E-state index in [1.54, 1.807) is 35.3 Å². The zero-order chi connectivity index (χ0) is 29.3. The van der Waals surface area contributed by atoms with Crippen molar-refractivity contribution >= 4 is 29.4 Å². The van der Waals surface area contributed by atoms with Gasteiger partial charge in [0.05, 0.1) is 31.9 Å². The van der Waals surface area contributed by atoms with Gasteiger partial charge in [0.1, 0.15) is 6.04 Å². The fraction of sp³-hybridized carbons (Fsp3) is 0.226. The van der Waals surface area contributed by atoms with Crippen LogP contribution < -0.4 is 10.2 Å². The molecule has 210 valence electrons. The van der Waals surface area contributed by atoms with Gasteiger partial charge in [0, 0.05) is 25.3 Å². The molecule has 5 rings (SSSR count). The molecule has 41 heavy (non-hydrogen) atoms. The SMILES string of the molecule is COC(=O)C1=C(C(=O)OC)N2C(=O)[C@@H](NC(=O)c3ccccc3)[C@H](c3ccccc3)N2[C@@H]1c1ccc(N(C)C)cc1. The van der Waals surface area contributed by atoms with E-state index in [2.05, 4.69) is 5.32 Å². The molecule has 10 nitrogen and oxygen atoms in total. The maximum absolute atomic E-state index is 14.2. The third-order valence-electron chi connectivity index (χ3n) is 7.28. The molecule has 2 aliphatic rings. The van der Waals surface area contributed by atoms with E-state index >= 15 is 0 Å². The zero-order valence-corrected chi connectivity index (χ0v) is 23.1. The van der Waals surface area contributed by atoms with E-state index in [-0.39, 0.29) is 11.3 Å². The summed E-state index contributed by atoms with van der Waals surface area (Å²) in [7, 11) is 6.21. The minimum atomic E-state index is -1.09. The van der Waals surface area contributed by atoms with Crippen molar-refractivity contribution in [2.45, 2.75) is 18.1 Å². The molecule has 0 saturated carbocycles. The van der Waals surface area contributed by atoms with Crippen LogP contribution in [-0.4, -0.2) is 68.1 Å². The van der Waals surface area contributed by atoms with Crippen molar-refractivity contribution in [3.05, 3.63) is 113 Å². The number of rotatable bonds is 7. The maximum atomic E-state index is 14.2. The van der Waals surface area contributed by atoms with Crippen LogP contribution >= 0.6 is 0 Å². The first-order valence-corrected chi connectivity index (χ1v) is 13.0. The van der Waals surface area contributed by atoms with E-state index in [9.17, 15) is 19.2 Å². The van der Waals surface area contributed by atoms with E-state index in [1.807, 2.05) is 73.6 Å². The fourth-order valence-corrected chi connectivity index (χ4v) is 5.37. The minimum Gasteiger partial charge on any atom is -0.466 e. The maximum Gasteiger partial charge on any atom is 0.356 e. The Labute approximate surface area is 237 Å². The van der Waals surface area contributed by atoms with Crippen LogP contribution in [0.4, 0.5) is 5.69 Å². The third-order valence-corrected chi connectivity index (χ3v) is 7.28. The van der Waals surface area contributed by atoms with Gasteiger partial charge in [-0.3, -0.25) is 9.59 Å². The lowest BCUT2D eigenvalue weighted by molar-refractivity contribution is -0.146. The predicted octanol–water partition coefficient (Wildman–Crippen LogP) is 3.01. The van der Waals surface area contributed by atoms with Gasteiger partial charge in [-0.1, -0.05) is 60.7 Å². The van der Waals surface area contributed by atoms with Gasteiger partial charge in [0.2, 0.25) is 0 Å². The van der Waals surface area contributed by atoms with E-state index in [0.717, 1.165) is 10.7 Å². The van der Waals surface area contributed by atoms with Crippen LogP contribution in [0.5, 0.6) is 0 Å². The molecule has 0 aliphatic carbocycles. The first-order chi connectivity index (χ1) is 19.8.